The van der Waals surface area contributed by atoms with E-state index in [1.54, 1.807) is 0 Å². The first-order chi connectivity index (χ1) is 8.10. The second-order valence-electron chi connectivity index (χ2n) is 6.84. The molecule has 2 fully saturated rings. The van der Waals surface area contributed by atoms with E-state index in [1.807, 2.05) is 0 Å². The summed E-state index contributed by atoms with van der Waals surface area (Å²) in [6.07, 6.45) is 10.8. The van der Waals surface area contributed by atoms with Crippen molar-refractivity contribution in [3.05, 3.63) is 0 Å². The van der Waals surface area contributed by atoms with E-state index in [-0.39, 0.29) is 0 Å². The first-order valence-corrected chi connectivity index (χ1v) is 7.59. The summed E-state index contributed by atoms with van der Waals surface area (Å²) in [5, 5.41) is 3.82. The molecule has 4 unspecified atom stereocenters. The summed E-state index contributed by atoms with van der Waals surface area (Å²) >= 11 is 0. The van der Waals surface area contributed by atoms with Crippen molar-refractivity contribution in [2.24, 2.45) is 17.1 Å². The molecule has 0 spiro atoms. The Bertz CT molecular complexity index is 241. The molecule has 2 nitrogen and oxygen atoms in total. The normalized spacial score (nSPS) is 43.6. The standard InChI is InChI=1S/C15H30N2/c1-12-5-3-6-13(9-8-12)17-11-15(2)10-4-7-14(15)16/h12-14,17H,3-11,16H2,1-2H3. The lowest BCUT2D eigenvalue weighted by Gasteiger charge is -2.31. The van der Waals surface area contributed by atoms with Crippen molar-refractivity contribution in [1.82, 2.24) is 5.32 Å². The van der Waals surface area contributed by atoms with Crippen molar-refractivity contribution in [2.75, 3.05) is 6.54 Å². The Morgan fingerprint density at radius 2 is 1.94 bits per heavy atom. The SMILES string of the molecule is CC1CCCC(NCC2(C)CCCC2N)CC1. The second kappa shape index (κ2) is 5.71. The topological polar surface area (TPSA) is 38.0 Å². The van der Waals surface area contributed by atoms with E-state index in [2.05, 4.69) is 19.2 Å². The van der Waals surface area contributed by atoms with Crippen molar-refractivity contribution >= 4 is 0 Å². The maximum absolute atomic E-state index is 6.24. The first-order valence-electron chi connectivity index (χ1n) is 7.59. The molecule has 0 aromatic carbocycles. The van der Waals surface area contributed by atoms with Crippen LogP contribution in [0.25, 0.3) is 0 Å². The van der Waals surface area contributed by atoms with Crippen molar-refractivity contribution in [1.29, 1.82) is 0 Å². The van der Waals surface area contributed by atoms with Crippen LogP contribution in [0.3, 0.4) is 0 Å². The smallest absolute Gasteiger partial charge is 0.0105 e. The van der Waals surface area contributed by atoms with E-state index < -0.39 is 0 Å². The van der Waals surface area contributed by atoms with Crippen LogP contribution < -0.4 is 11.1 Å². The van der Waals surface area contributed by atoms with Crippen molar-refractivity contribution in [3.63, 3.8) is 0 Å². The lowest BCUT2D eigenvalue weighted by Crippen LogP contribution is -2.45. The summed E-state index contributed by atoms with van der Waals surface area (Å²) < 4.78 is 0. The minimum absolute atomic E-state index is 0.359. The Morgan fingerprint density at radius 1 is 1.12 bits per heavy atom. The van der Waals surface area contributed by atoms with Crippen LogP contribution in [0.1, 0.15) is 65.2 Å². The van der Waals surface area contributed by atoms with Gasteiger partial charge in [0, 0.05) is 18.6 Å². The summed E-state index contributed by atoms with van der Waals surface area (Å²) in [6.45, 7) is 5.90. The molecule has 4 atom stereocenters. The summed E-state index contributed by atoms with van der Waals surface area (Å²) in [5.41, 5.74) is 6.60. The second-order valence-corrected chi connectivity index (χ2v) is 6.84. The zero-order valence-corrected chi connectivity index (χ0v) is 11.7. The molecule has 17 heavy (non-hydrogen) atoms. The number of nitrogens with one attached hydrogen (secondary N) is 1. The average molecular weight is 238 g/mol. The number of hydrogen-bond donors (Lipinski definition) is 2. The molecular formula is C15H30N2. The molecule has 0 aromatic heterocycles. The predicted molar refractivity (Wildman–Crippen MR) is 74.0 cm³/mol. The zero-order valence-electron chi connectivity index (χ0n) is 11.7. The summed E-state index contributed by atoms with van der Waals surface area (Å²) in [5.74, 6) is 0.936. The van der Waals surface area contributed by atoms with E-state index >= 15 is 0 Å². The average Bonchev–Trinajstić information content (AvgIpc) is 2.51. The third-order valence-corrected chi connectivity index (χ3v) is 5.21. The van der Waals surface area contributed by atoms with Crippen LogP contribution in [0.4, 0.5) is 0 Å². The minimum atomic E-state index is 0.359. The third kappa shape index (κ3) is 3.45. The van der Waals surface area contributed by atoms with Crippen LogP contribution >= 0.6 is 0 Å². The third-order valence-electron chi connectivity index (χ3n) is 5.21. The van der Waals surface area contributed by atoms with Crippen LogP contribution in [0, 0.1) is 11.3 Å². The number of nitrogens with two attached hydrogens (primary N) is 1. The van der Waals surface area contributed by atoms with Gasteiger partial charge in [-0.2, -0.15) is 0 Å². The lowest BCUT2D eigenvalue weighted by molar-refractivity contribution is 0.258. The fourth-order valence-corrected chi connectivity index (χ4v) is 3.55. The van der Waals surface area contributed by atoms with Crippen LogP contribution in [0.5, 0.6) is 0 Å². The van der Waals surface area contributed by atoms with Gasteiger partial charge in [0.25, 0.3) is 0 Å². The van der Waals surface area contributed by atoms with Gasteiger partial charge in [0.2, 0.25) is 0 Å². The molecule has 0 aromatic rings. The molecule has 2 rings (SSSR count). The number of hydrogen-bond acceptors (Lipinski definition) is 2. The molecule has 100 valence electrons. The van der Waals surface area contributed by atoms with Gasteiger partial charge in [-0.15, -0.1) is 0 Å². The maximum Gasteiger partial charge on any atom is 0.0105 e. The van der Waals surface area contributed by atoms with Crippen LogP contribution in [-0.2, 0) is 0 Å². The van der Waals surface area contributed by atoms with Gasteiger partial charge in [0.1, 0.15) is 0 Å². The van der Waals surface area contributed by atoms with Crippen molar-refractivity contribution < 1.29 is 0 Å². The molecule has 2 aliphatic carbocycles. The highest BCUT2D eigenvalue weighted by atomic mass is 14.9. The Balaban J connectivity index is 1.77. The largest absolute Gasteiger partial charge is 0.327 e. The monoisotopic (exact) mass is 238 g/mol. The Hall–Kier alpha value is -0.0800. The predicted octanol–water partition coefficient (Wildman–Crippen LogP) is 3.06. The molecule has 2 saturated carbocycles. The maximum atomic E-state index is 6.24. The molecular weight excluding hydrogens is 208 g/mol. The van der Waals surface area contributed by atoms with E-state index in [0.717, 1.165) is 18.5 Å². The zero-order chi connectivity index (χ0) is 12.3. The van der Waals surface area contributed by atoms with Gasteiger partial charge in [-0.25, -0.2) is 0 Å². The van der Waals surface area contributed by atoms with Gasteiger partial charge < -0.3 is 11.1 Å². The molecule has 0 radical (unpaired) electrons. The van der Waals surface area contributed by atoms with Gasteiger partial charge >= 0.3 is 0 Å². The fourth-order valence-electron chi connectivity index (χ4n) is 3.55. The quantitative estimate of drug-likeness (QED) is 0.742. The van der Waals surface area contributed by atoms with Crippen LogP contribution in [0.2, 0.25) is 0 Å². The molecule has 3 N–H and O–H groups in total. The lowest BCUT2D eigenvalue weighted by atomic mass is 9.85. The molecule has 0 heterocycles. The number of rotatable bonds is 3. The highest BCUT2D eigenvalue weighted by molar-refractivity contribution is 4.93. The molecule has 0 amide bonds. The van der Waals surface area contributed by atoms with Gasteiger partial charge in [-0.3, -0.25) is 0 Å². The van der Waals surface area contributed by atoms with Crippen LogP contribution in [0.15, 0.2) is 0 Å². The van der Waals surface area contributed by atoms with Gasteiger partial charge in [0.15, 0.2) is 0 Å². The van der Waals surface area contributed by atoms with E-state index in [9.17, 15) is 0 Å². The summed E-state index contributed by atoms with van der Waals surface area (Å²) in [6, 6.07) is 1.17. The molecule has 0 bridgehead atoms. The molecule has 2 aliphatic rings. The van der Waals surface area contributed by atoms with Crippen LogP contribution in [-0.4, -0.2) is 18.6 Å². The molecule has 0 aliphatic heterocycles. The van der Waals surface area contributed by atoms with E-state index in [1.165, 1.54) is 51.4 Å². The molecule has 2 heteroatoms. The summed E-state index contributed by atoms with van der Waals surface area (Å²) in [7, 11) is 0. The highest BCUT2D eigenvalue weighted by Gasteiger charge is 2.36. The van der Waals surface area contributed by atoms with E-state index in [0.29, 0.717) is 11.5 Å². The van der Waals surface area contributed by atoms with Gasteiger partial charge in [-0.05, 0) is 43.4 Å². The molecule has 0 saturated heterocycles. The highest BCUT2D eigenvalue weighted by Crippen LogP contribution is 2.36. The van der Waals surface area contributed by atoms with Crippen molar-refractivity contribution in [2.45, 2.75) is 77.3 Å². The van der Waals surface area contributed by atoms with Crippen molar-refractivity contribution in [3.8, 4) is 0 Å². The van der Waals surface area contributed by atoms with Gasteiger partial charge in [0.05, 0.1) is 0 Å². The fraction of sp³-hybridized carbons (Fsp3) is 1.00. The Morgan fingerprint density at radius 3 is 2.65 bits per heavy atom. The minimum Gasteiger partial charge on any atom is -0.327 e. The Kier molecular flexibility index (Phi) is 4.48. The van der Waals surface area contributed by atoms with E-state index in [4.69, 9.17) is 5.73 Å². The Labute approximate surface area is 107 Å². The first kappa shape index (κ1) is 13.4. The summed E-state index contributed by atoms with van der Waals surface area (Å²) in [4.78, 5) is 0. The van der Waals surface area contributed by atoms with Gasteiger partial charge in [-0.1, -0.05) is 33.1 Å².